The number of nitrogens with zero attached hydrogens (tertiary/aromatic N) is 1. The summed E-state index contributed by atoms with van der Waals surface area (Å²) in [6, 6.07) is 2.39. The molecule has 8 atom stereocenters. The number of aromatic nitrogens is 1. The highest BCUT2D eigenvalue weighted by molar-refractivity contribution is 5.97. The van der Waals surface area contributed by atoms with Gasteiger partial charge in [-0.2, -0.15) is 0 Å². The number of carbonyl (C=O) groups excluding carboxylic acids is 6. The predicted octanol–water partition coefficient (Wildman–Crippen LogP) is -1.90. The van der Waals surface area contributed by atoms with Gasteiger partial charge in [-0.1, -0.05) is 25.1 Å². The van der Waals surface area contributed by atoms with Gasteiger partial charge in [0.2, 0.25) is 35.4 Å². The molecule has 3 heterocycles. The van der Waals surface area contributed by atoms with E-state index < -0.39 is 65.8 Å². The van der Waals surface area contributed by atoms with Crippen LogP contribution in [0.25, 0.3) is 10.9 Å². The number of rotatable bonds is 16. The standard InChI is InChI=1S/C35H52N10O6/c1-19-15-22(19)29(44-33(49)27(17-37)43-31(47)24-9-5-13-39-24)35(51)45-14-6-10-28(45)34(50)42-26(32(48)41-25(11-12-36)30(46)38-2)16-20-18-40-23-8-4-3-7-21(20)23/h3-4,7-8,18-19,22,24-29,39-40H,5-6,9-17,36-37H2,1-2H3,(H,38,46)(H,41,48)(H,42,50)(H,43,47)(H,44,49)/t19?,22?,24?,25-,26-,27-,28?,29-/m0/s1. The van der Waals surface area contributed by atoms with Gasteiger partial charge in [0.15, 0.2) is 0 Å². The second kappa shape index (κ2) is 17.1. The summed E-state index contributed by atoms with van der Waals surface area (Å²) in [4.78, 5) is 85.3. The van der Waals surface area contributed by atoms with Crippen LogP contribution >= 0.6 is 0 Å². The molecule has 1 saturated carbocycles. The maximum absolute atomic E-state index is 14.2. The third-order valence-electron chi connectivity index (χ3n) is 10.3. The van der Waals surface area contributed by atoms with Crippen LogP contribution in [0.2, 0.25) is 0 Å². The largest absolute Gasteiger partial charge is 0.361 e. The summed E-state index contributed by atoms with van der Waals surface area (Å²) < 4.78 is 0. The summed E-state index contributed by atoms with van der Waals surface area (Å²) in [6.07, 6.45) is 5.25. The average Bonchev–Trinajstić information content (AvgIpc) is 3.59. The van der Waals surface area contributed by atoms with E-state index in [9.17, 15) is 28.8 Å². The monoisotopic (exact) mass is 708 g/mol. The van der Waals surface area contributed by atoms with Gasteiger partial charge in [0.25, 0.3) is 0 Å². The van der Waals surface area contributed by atoms with Gasteiger partial charge in [0, 0.05) is 43.7 Å². The number of aromatic amines is 1. The van der Waals surface area contributed by atoms with Crippen LogP contribution < -0.4 is 43.4 Å². The lowest BCUT2D eigenvalue weighted by molar-refractivity contribution is -0.143. The van der Waals surface area contributed by atoms with Gasteiger partial charge in [-0.3, -0.25) is 28.8 Å². The van der Waals surface area contributed by atoms with Crippen LogP contribution in [0.5, 0.6) is 0 Å². The Morgan fingerprint density at radius 3 is 2.29 bits per heavy atom. The lowest BCUT2D eigenvalue weighted by Crippen LogP contribution is -2.60. The molecule has 51 heavy (non-hydrogen) atoms. The van der Waals surface area contributed by atoms with E-state index in [1.54, 1.807) is 6.20 Å². The van der Waals surface area contributed by atoms with Crippen LogP contribution in [0.3, 0.4) is 0 Å². The van der Waals surface area contributed by atoms with Gasteiger partial charge < -0.3 is 53.3 Å². The van der Waals surface area contributed by atoms with Crippen LogP contribution in [-0.4, -0.2) is 115 Å². The van der Waals surface area contributed by atoms with Crippen LogP contribution in [-0.2, 0) is 35.2 Å². The lowest BCUT2D eigenvalue weighted by Gasteiger charge is -2.31. The lowest BCUT2D eigenvalue weighted by atomic mass is 10.0. The Kier molecular flexibility index (Phi) is 12.7. The number of H-pyrrole nitrogens is 1. The summed E-state index contributed by atoms with van der Waals surface area (Å²) >= 11 is 0. The van der Waals surface area contributed by atoms with E-state index in [0.717, 1.165) is 35.9 Å². The maximum atomic E-state index is 14.2. The van der Waals surface area contributed by atoms with E-state index in [1.165, 1.54) is 11.9 Å². The first-order valence-corrected chi connectivity index (χ1v) is 18.0. The first kappa shape index (κ1) is 37.7. The van der Waals surface area contributed by atoms with Crippen molar-refractivity contribution in [1.82, 2.24) is 41.8 Å². The molecule has 278 valence electrons. The molecule has 2 aromatic rings. The minimum Gasteiger partial charge on any atom is -0.361 e. The van der Waals surface area contributed by atoms with E-state index in [2.05, 4.69) is 36.9 Å². The smallest absolute Gasteiger partial charge is 0.246 e. The molecule has 16 nitrogen and oxygen atoms in total. The van der Waals surface area contributed by atoms with Crippen molar-refractivity contribution in [3.63, 3.8) is 0 Å². The zero-order valence-corrected chi connectivity index (χ0v) is 29.3. The molecular formula is C35H52N10O6. The maximum Gasteiger partial charge on any atom is 0.246 e. The number of amides is 6. The zero-order chi connectivity index (χ0) is 36.7. The first-order valence-electron chi connectivity index (χ1n) is 18.0. The van der Waals surface area contributed by atoms with E-state index in [0.29, 0.717) is 25.8 Å². The molecular weight excluding hydrogens is 656 g/mol. The summed E-state index contributed by atoms with van der Waals surface area (Å²) in [6.45, 7) is 3.02. The third-order valence-corrected chi connectivity index (χ3v) is 10.3. The van der Waals surface area contributed by atoms with E-state index in [-0.39, 0.29) is 43.7 Å². The van der Waals surface area contributed by atoms with Gasteiger partial charge >= 0.3 is 0 Å². The van der Waals surface area contributed by atoms with Crippen molar-refractivity contribution in [3.8, 4) is 0 Å². The molecule has 3 aliphatic rings. The molecule has 16 heteroatoms. The fourth-order valence-electron chi connectivity index (χ4n) is 7.19. The van der Waals surface area contributed by atoms with Gasteiger partial charge in [-0.05, 0) is 75.1 Å². The quantitative estimate of drug-likeness (QED) is 0.0944. The molecule has 4 unspecified atom stereocenters. The van der Waals surface area contributed by atoms with Crippen LogP contribution in [0, 0.1) is 11.8 Å². The van der Waals surface area contributed by atoms with Gasteiger partial charge in [-0.15, -0.1) is 0 Å². The fourth-order valence-corrected chi connectivity index (χ4v) is 7.19. The average molecular weight is 709 g/mol. The van der Waals surface area contributed by atoms with Crippen molar-refractivity contribution in [2.24, 2.45) is 23.3 Å². The van der Waals surface area contributed by atoms with Crippen molar-refractivity contribution in [1.29, 1.82) is 0 Å². The van der Waals surface area contributed by atoms with Gasteiger partial charge in [0.1, 0.15) is 30.2 Å². The van der Waals surface area contributed by atoms with E-state index in [4.69, 9.17) is 11.5 Å². The van der Waals surface area contributed by atoms with Crippen molar-refractivity contribution in [3.05, 3.63) is 36.0 Å². The number of hydrogen-bond acceptors (Lipinski definition) is 9. The fraction of sp³-hybridized carbons (Fsp3) is 0.600. The van der Waals surface area contributed by atoms with Crippen molar-refractivity contribution in [2.75, 3.05) is 33.2 Å². The SMILES string of the molecule is CNC(=O)[C@H](CCN)NC(=O)[C@H](Cc1c[nH]c2ccccc12)NC(=O)C1CCCN1C(=O)[C@@H](NC(=O)[C@H](CN)NC(=O)C1CCCN1)C1CC1C. The van der Waals surface area contributed by atoms with Crippen LogP contribution in [0.4, 0.5) is 0 Å². The number of nitrogens with one attached hydrogen (secondary N) is 7. The molecule has 3 fully saturated rings. The predicted molar refractivity (Wildman–Crippen MR) is 190 cm³/mol. The number of nitrogens with two attached hydrogens (primary N) is 2. The topological polar surface area (TPSA) is 246 Å². The minimum atomic E-state index is -1.08. The molecule has 11 N–H and O–H groups in total. The molecule has 0 bridgehead atoms. The highest BCUT2D eigenvalue weighted by Crippen LogP contribution is 2.41. The van der Waals surface area contributed by atoms with E-state index >= 15 is 0 Å². The normalized spacial score (nSPS) is 23.5. The molecule has 1 aliphatic carbocycles. The van der Waals surface area contributed by atoms with Crippen LogP contribution in [0.1, 0.15) is 51.0 Å². The molecule has 1 aromatic carbocycles. The summed E-state index contributed by atoms with van der Waals surface area (Å²) in [5.41, 5.74) is 13.3. The second-order valence-corrected chi connectivity index (χ2v) is 13.9. The molecule has 6 amide bonds. The van der Waals surface area contributed by atoms with Gasteiger partial charge in [0.05, 0.1) is 6.04 Å². The Bertz CT molecular complexity index is 1590. The molecule has 1 aromatic heterocycles. The minimum absolute atomic E-state index is 0.117. The Morgan fingerprint density at radius 2 is 1.63 bits per heavy atom. The summed E-state index contributed by atoms with van der Waals surface area (Å²) in [5.74, 6) is -2.71. The molecule has 2 aliphatic heterocycles. The number of fused-ring (bicyclic) bond motifs is 1. The van der Waals surface area contributed by atoms with Crippen molar-refractivity contribution >= 4 is 46.3 Å². The number of para-hydroxylation sites is 1. The van der Waals surface area contributed by atoms with Crippen LogP contribution in [0.15, 0.2) is 30.5 Å². The Morgan fingerprint density at radius 1 is 0.902 bits per heavy atom. The highest BCUT2D eigenvalue weighted by Gasteiger charge is 2.48. The number of likely N-dealkylation sites (N-methyl/N-ethyl adjacent to an activating group) is 1. The van der Waals surface area contributed by atoms with Gasteiger partial charge in [-0.25, -0.2) is 0 Å². The Hall–Kier alpha value is -4.54. The number of hydrogen-bond donors (Lipinski definition) is 9. The highest BCUT2D eigenvalue weighted by atomic mass is 16.2. The third kappa shape index (κ3) is 9.04. The Labute approximate surface area is 297 Å². The van der Waals surface area contributed by atoms with Crippen molar-refractivity contribution in [2.45, 2.75) is 88.1 Å². The Balaban J connectivity index is 1.31. The van der Waals surface area contributed by atoms with Crippen molar-refractivity contribution < 1.29 is 28.8 Å². The number of carbonyl (C=O) groups is 6. The number of benzene rings is 1. The molecule has 0 radical (unpaired) electrons. The summed E-state index contributed by atoms with van der Waals surface area (Å²) in [7, 11) is 1.47. The number of likely N-dealkylation sites (tertiary alicyclic amines) is 1. The second-order valence-electron chi connectivity index (χ2n) is 13.9. The molecule has 0 spiro atoms. The summed E-state index contributed by atoms with van der Waals surface area (Å²) in [5, 5.41) is 17.7. The molecule has 5 rings (SSSR count). The first-order chi connectivity index (χ1) is 24.6. The molecule has 2 saturated heterocycles. The van der Waals surface area contributed by atoms with E-state index in [1.807, 2.05) is 31.2 Å². The zero-order valence-electron chi connectivity index (χ0n) is 29.3.